The van der Waals surface area contributed by atoms with E-state index in [9.17, 15) is 9.59 Å². The number of nitrogen functional groups attached to an aromatic ring is 1. The maximum atomic E-state index is 12.6. The van der Waals surface area contributed by atoms with Gasteiger partial charge in [-0.25, -0.2) is 9.59 Å². The molecule has 2 amide bonds. The molecule has 142 valence electrons. The summed E-state index contributed by atoms with van der Waals surface area (Å²) in [5.41, 5.74) is 7.10. The third-order valence-electron chi connectivity index (χ3n) is 3.61. The molecule has 0 bridgehead atoms. The van der Waals surface area contributed by atoms with Crippen molar-refractivity contribution in [2.75, 3.05) is 18.1 Å². The molecule has 1 aliphatic rings. The van der Waals surface area contributed by atoms with Crippen LogP contribution in [0.5, 0.6) is 0 Å². The molecule has 0 unspecified atom stereocenters. The predicted octanol–water partition coefficient (Wildman–Crippen LogP) is 2.74. The number of esters is 1. The summed E-state index contributed by atoms with van der Waals surface area (Å²) in [6, 6.07) is 5.86. The second-order valence-corrected chi connectivity index (χ2v) is 8.06. The quantitative estimate of drug-likeness (QED) is 0.480. The number of ether oxygens (including phenoxy) is 1. The summed E-state index contributed by atoms with van der Waals surface area (Å²) < 4.78 is 5.85. The van der Waals surface area contributed by atoms with Gasteiger partial charge >= 0.3 is 12.0 Å². The first kappa shape index (κ1) is 19.5. The van der Waals surface area contributed by atoms with Gasteiger partial charge in [-0.2, -0.15) is 0 Å². The summed E-state index contributed by atoms with van der Waals surface area (Å²) in [6.07, 6.45) is 0. The van der Waals surface area contributed by atoms with Gasteiger partial charge in [0, 0.05) is 16.5 Å². The number of rotatable bonds is 6. The highest BCUT2D eigenvalue weighted by Gasteiger charge is 2.33. The molecule has 1 atom stereocenters. The number of nitrogens with two attached hydrogens (primary N) is 1. The van der Waals surface area contributed by atoms with E-state index in [4.69, 9.17) is 22.1 Å². The minimum absolute atomic E-state index is 0.219. The second kappa shape index (κ2) is 8.59. The van der Waals surface area contributed by atoms with Gasteiger partial charge in [0.05, 0.1) is 18.2 Å². The van der Waals surface area contributed by atoms with Crippen molar-refractivity contribution in [3.05, 3.63) is 46.1 Å². The van der Waals surface area contributed by atoms with Crippen LogP contribution in [0.3, 0.4) is 0 Å². The molecular formula is C16H16ClN5O3S2. The van der Waals surface area contributed by atoms with Crippen molar-refractivity contribution in [1.82, 2.24) is 20.8 Å². The van der Waals surface area contributed by atoms with Crippen LogP contribution in [0.1, 0.15) is 18.5 Å². The average Bonchev–Trinajstić information content (AvgIpc) is 3.05. The second-order valence-electron chi connectivity index (χ2n) is 5.39. The van der Waals surface area contributed by atoms with Crippen LogP contribution in [0, 0.1) is 0 Å². The highest BCUT2D eigenvalue weighted by molar-refractivity contribution is 8.01. The van der Waals surface area contributed by atoms with Crippen molar-refractivity contribution >= 4 is 51.8 Å². The number of thioether (sulfide) groups is 1. The van der Waals surface area contributed by atoms with Crippen molar-refractivity contribution in [2.24, 2.45) is 0 Å². The van der Waals surface area contributed by atoms with Crippen LogP contribution >= 0.6 is 34.7 Å². The molecule has 8 nitrogen and oxygen atoms in total. The summed E-state index contributed by atoms with van der Waals surface area (Å²) in [5.74, 6) is -0.197. The topological polar surface area (TPSA) is 119 Å². The van der Waals surface area contributed by atoms with Crippen LogP contribution in [0.25, 0.3) is 0 Å². The van der Waals surface area contributed by atoms with Gasteiger partial charge in [0.15, 0.2) is 4.34 Å². The number of amides is 2. The Labute approximate surface area is 168 Å². The highest BCUT2D eigenvalue weighted by atomic mass is 35.5. The standard InChI is InChI=1S/C16H16ClN5O3S2/c1-2-25-13(23)11-10(7-26-16-22-21-14(18)27-16)19-15(24)20-12(11)8-3-5-9(17)6-4-8/h3-6,12H,2,7H2,1H3,(H2,18,21)(H2,19,20,24)/t12-/m0/s1. The van der Waals surface area contributed by atoms with Crippen LogP contribution in [0.4, 0.5) is 9.93 Å². The number of halogens is 1. The van der Waals surface area contributed by atoms with Gasteiger partial charge in [-0.05, 0) is 24.6 Å². The number of aromatic nitrogens is 2. The monoisotopic (exact) mass is 425 g/mol. The molecule has 0 spiro atoms. The van der Waals surface area contributed by atoms with E-state index in [1.165, 1.54) is 23.1 Å². The largest absolute Gasteiger partial charge is 0.463 e. The van der Waals surface area contributed by atoms with E-state index >= 15 is 0 Å². The number of hydrogen-bond donors (Lipinski definition) is 3. The fraction of sp³-hybridized carbons (Fsp3) is 0.250. The molecule has 1 aliphatic heterocycles. The Bertz CT molecular complexity index is 884. The Morgan fingerprint density at radius 1 is 1.37 bits per heavy atom. The van der Waals surface area contributed by atoms with Crippen molar-refractivity contribution < 1.29 is 14.3 Å². The molecule has 0 saturated carbocycles. The summed E-state index contributed by atoms with van der Waals surface area (Å²) in [4.78, 5) is 24.8. The molecular weight excluding hydrogens is 410 g/mol. The van der Waals surface area contributed by atoms with E-state index in [-0.39, 0.29) is 6.61 Å². The Kier molecular flexibility index (Phi) is 6.19. The maximum Gasteiger partial charge on any atom is 0.338 e. The molecule has 0 radical (unpaired) electrons. The van der Waals surface area contributed by atoms with Crippen LogP contribution in [0.15, 0.2) is 39.9 Å². The van der Waals surface area contributed by atoms with Crippen LogP contribution in [-0.4, -0.2) is 34.6 Å². The van der Waals surface area contributed by atoms with E-state index in [0.29, 0.717) is 31.5 Å². The van der Waals surface area contributed by atoms with Gasteiger partial charge in [0.1, 0.15) is 0 Å². The summed E-state index contributed by atoms with van der Waals surface area (Å²) in [5, 5.41) is 14.1. The zero-order valence-electron chi connectivity index (χ0n) is 14.2. The number of hydrogen-bond acceptors (Lipinski definition) is 8. The lowest BCUT2D eigenvalue weighted by molar-refractivity contribution is -0.139. The number of nitrogens with zero attached hydrogens (tertiary/aromatic N) is 2. The molecule has 1 aromatic heterocycles. The molecule has 4 N–H and O–H groups in total. The lowest BCUT2D eigenvalue weighted by Crippen LogP contribution is -2.46. The summed E-state index contributed by atoms with van der Waals surface area (Å²) >= 11 is 8.50. The predicted molar refractivity (Wildman–Crippen MR) is 105 cm³/mol. The SMILES string of the molecule is CCOC(=O)C1=C(CSc2nnc(N)s2)NC(=O)N[C@H]1c1ccc(Cl)cc1. The number of carbonyl (C=O) groups excluding carboxylic acids is 2. The molecule has 0 saturated heterocycles. The first-order valence-electron chi connectivity index (χ1n) is 7.93. The summed E-state index contributed by atoms with van der Waals surface area (Å²) in [6.45, 7) is 1.94. The zero-order chi connectivity index (χ0) is 19.4. The third-order valence-corrected chi connectivity index (χ3v) is 5.78. The molecule has 2 heterocycles. The molecule has 3 rings (SSSR count). The Balaban J connectivity index is 1.96. The zero-order valence-corrected chi connectivity index (χ0v) is 16.6. The van der Waals surface area contributed by atoms with Gasteiger partial charge < -0.3 is 21.1 Å². The van der Waals surface area contributed by atoms with E-state index in [0.717, 1.165) is 5.56 Å². The number of anilines is 1. The average molecular weight is 426 g/mol. The van der Waals surface area contributed by atoms with Crippen molar-refractivity contribution in [2.45, 2.75) is 17.3 Å². The lowest BCUT2D eigenvalue weighted by atomic mass is 9.95. The van der Waals surface area contributed by atoms with Gasteiger partial charge in [0.2, 0.25) is 5.13 Å². The van der Waals surface area contributed by atoms with Crippen LogP contribution < -0.4 is 16.4 Å². The van der Waals surface area contributed by atoms with Gasteiger partial charge in [0.25, 0.3) is 0 Å². The van der Waals surface area contributed by atoms with E-state index in [1.807, 2.05) is 0 Å². The van der Waals surface area contributed by atoms with Crippen LogP contribution in [-0.2, 0) is 9.53 Å². The Morgan fingerprint density at radius 3 is 2.74 bits per heavy atom. The minimum atomic E-state index is -0.648. The molecule has 27 heavy (non-hydrogen) atoms. The Morgan fingerprint density at radius 2 is 2.11 bits per heavy atom. The Hall–Kier alpha value is -2.30. The fourth-order valence-corrected chi connectivity index (χ4v) is 4.23. The maximum absolute atomic E-state index is 12.6. The first-order valence-corrected chi connectivity index (χ1v) is 10.1. The van der Waals surface area contributed by atoms with Gasteiger partial charge in [-0.15, -0.1) is 10.2 Å². The number of nitrogens with one attached hydrogen (secondary N) is 2. The van der Waals surface area contributed by atoms with Gasteiger partial charge in [-0.3, -0.25) is 0 Å². The van der Waals surface area contributed by atoms with E-state index in [1.54, 1.807) is 31.2 Å². The van der Waals surface area contributed by atoms with Crippen LogP contribution in [0.2, 0.25) is 5.02 Å². The van der Waals surface area contributed by atoms with Crippen molar-refractivity contribution in [3.8, 4) is 0 Å². The van der Waals surface area contributed by atoms with E-state index < -0.39 is 18.0 Å². The molecule has 0 aliphatic carbocycles. The minimum Gasteiger partial charge on any atom is -0.463 e. The van der Waals surface area contributed by atoms with Crippen molar-refractivity contribution in [3.63, 3.8) is 0 Å². The number of benzene rings is 1. The molecule has 11 heteroatoms. The lowest BCUT2D eigenvalue weighted by Gasteiger charge is -2.29. The molecule has 0 fully saturated rings. The first-order chi connectivity index (χ1) is 13.0. The third kappa shape index (κ3) is 4.71. The molecule has 2 aromatic rings. The van der Waals surface area contributed by atoms with E-state index in [2.05, 4.69) is 20.8 Å². The summed E-state index contributed by atoms with van der Waals surface area (Å²) in [7, 11) is 0. The number of urea groups is 1. The molecule has 1 aromatic carbocycles. The normalized spacial score (nSPS) is 16.7. The van der Waals surface area contributed by atoms with Gasteiger partial charge in [-0.1, -0.05) is 46.8 Å². The smallest absolute Gasteiger partial charge is 0.338 e. The number of carbonyl (C=O) groups is 2. The highest BCUT2D eigenvalue weighted by Crippen LogP contribution is 2.32. The fourth-order valence-electron chi connectivity index (χ4n) is 2.50. The van der Waals surface area contributed by atoms with Crippen molar-refractivity contribution in [1.29, 1.82) is 0 Å².